The van der Waals surface area contributed by atoms with Crippen molar-refractivity contribution >= 4 is 28.4 Å². The molecule has 1 fully saturated rings. The Hall–Kier alpha value is -4.00. The molecular formula is C25H21N5O2. The zero-order chi connectivity index (χ0) is 21.9. The summed E-state index contributed by atoms with van der Waals surface area (Å²) in [5, 5.41) is 4.01. The van der Waals surface area contributed by atoms with E-state index in [-0.39, 0.29) is 11.8 Å². The van der Waals surface area contributed by atoms with Gasteiger partial charge in [-0.2, -0.15) is 0 Å². The van der Waals surface area contributed by atoms with Gasteiger partial charge in [0.1, 0.15) is 23.0 Å². The molecule has 2 aliphatic heterocycles. The zero-order valence-corrected chi connectivity index (χ0v) is 17.5. The van der Waals surface area contributed by atoms with Gasteiger partial charge in [0.15, 0.2) is 0 Å². The predicted molar refractivity (Wildman–Crippen MR) is 120 cm³/mol. The molecule has 7 heteroatoms. The number of aromatic nitrogens is 3. The van der Waals surface area contributed by atoms with Crippen LogP contribution in [0.2, 0.25) is 0 Å². The van der Waals surface area contributed by atoms with Crippen LogP contribution in [0.5, 0.6) is 0 Å². The van der Waals surface area contributed by atoms with Crippen molar-refractivity contribution in [3.05, 3.63) is 90.1 Å². The molecule has 158 valence electrons. The van der Waals surface area contributed by atoms with Gasteiger partial charge < -0.3 is 14.8 Å². The van der Waals surface area contributed by atoms with Gasteiger partial charge in [-0.15, -0.1) is 0 Å². The lowest BCUT2D eigenvalue weighted by Gasteiger charge is -2.33. The first-order chi connectivity index (χ1) is 15.6. The molecule has 32 heavy (non-hydrogen) atoms. The predicted octanol–water partition coefficient (Wildman–Crippen LogP) is 3.45. The number of hydrogen-bond donors (Lipinski definition) is 1. The maximum Gasteiger partial charge on any atom is 0.273 e. The Balaban J connectivity index is 1.50. The number of carbonyl (C=O) groups excluding carboxylic acids is 2. The number of nitrogens with one attached hydrogen (secondary N) is 1. The van der Waals surface area contributed by atoms with Gasteiger partial charge in [-0.3, -0.25) is 9.59 Å². The van der Waals surface area contributed by atoms with Crippen molar-refractivity contribution in [1.82, 2.24) is 19.4 Å². The fourth-order valence-electron chi connectivity index (χ4n) is 5.24. The third kappa shape index (κ3) is 2.48. The number of imidazole rings is 1. The Labute approximate surface area is 184 Å². The number of benzene rings is 2. The number of anilines is 1. The number of hydrogen-bond acceptors (Lipinski definition) is 4. The van der Waals surface area contributed by atoms with Gasteiger partial charge in [0.25, 0.3) is 5.91 Å². The summed E-state index contributed by atoms with van der Waals surface area (Å²) in [6, 6.07) is 18.6. The number of para-hydroxylation sites is 2. The lowest BCUT2D eigenvalue weighted by atomic mass is 9.74. The number of nitrogens with zero attached hydrogens (tertiary/aromatic N) is 4. The van der Waals surface area contributed by atoms with E-state index in [1.54, 1.807) is 17.2 Å². The molecule has 2 aliphatic rings. The molecule has 7 nitrogen and oxygen atoms in total. The van der Waals surface area contributed by atoms with E-state index in [0.29, 0.717) is 24.5 Å². The second-order valence-electron chi connectivity index (χ2n) is 8.41. The van der Waals surface area contributed by atoms with E-state index < -0.39 is 11.5 Å². The monoisotopic (exact) mass is 423 g/mol. The molecule has 0 bridgehead atoms. The first-order valence-electron chi connectivity index (χ1n) is 10.6. The minimum Gasteiger partial charge on any atom is -0.336 e. The third-order valence-electron chi connectivity index (χ3n) is 6.77. The molecule has 1 saturated heterocycles. The molecule has 2 aromatic heterocycles. The van der Waals surface area contributed by atoms with E-state index in [1.807, 2.05) is 72.4 Å². The van der Waals surface area contributed by atoms with Crippen LogP contribution in [0.3, 0.4) is 0 Å². The Kier molecular flexibility index (Phi) is 3.95. The normalized spacial score (nSPS) is 21.8. The van der Waals surface area contributed by atoms with Crippen molar-refractivity contribution in [2.75, 3.05) is 11.9 Å². The average Bonchev–Trinajstić information content (AvgIpc) is 3.49. The third-order valence-corrected chi connectivity index (χ3v) is 6.77. The fraction of sp³-hybridized carbons (Fsp3) is 0.200. The van der Waals surface area contributed by atoms with Crippen molar-refractivity contribution in [3.8, 4) is 0 Å². The summed E-state index contributed by atoms with van der Waals surface area (Å²) in [4.78, 5) is 38.2. The summed E-state index contributed by atoms with van der Waals surface area (Å²) in [7, 11) is 1.89. The summed E-state index contributed by atoms with van der Waals surface area (Å²) < 4.78 is 1.89. The maximum atomic E-state index is 13.8. The summed E-state index contributed by atoms with van der Waals surface area (Å²) in [6.45, 7) is 0.437. The number of carbonyl (C=O) groups is 2. The largest absolute Gasteiger partial charge is 0.336 e. The minimum absolute atomic E-state index is 0.0894. The molecule has 0 unspecified atom stereocenters. The summed E-state index contributed by atoms with van der Waals surface area (Å²) in [6.07, 6.45) is 4.07. The van der Waals surface area contributed by atoms with Crippen LogP contribution in [0.1, 0.15) is 34.3 Å². The van der Waals surface area contributed by atoms with E-state index in [9.17, 15) is 9.59 Å². The van der Waals surface area contributed by atoms with Crippen LogP contribution in [0.25, 0.3) is 10.9 Å². The van der Waals surface area contributed by atoms with E-state index in [1.165, 1.54) is 0 Å². The van der Waals surface area contributed by atoms with E-state index >= 15 is 0 Å². The van der Waals surface area contributed by atoms with Crippen LogP contribution < -0.4 is 5.32 Å². The first-order valence-corrected chi connectivity index (χ1v) is 10.6. The van der Waals surface area contributed by atoms with Crippen LogP contribution in [-0.2, 0) is 17.3 Å². The molecule has 0 radical (unpaired) electrons. The maximum absolute atomic E-state index is 13.8. The van der Waals surface area contributed by atoms with Gasteiger partial charge in [-0.25, -0.2) is 9.97 Å². The zero-order valence-electron chi connectivity index (χ0n) is 17.5. The molecule has 2 amide bonds. The Morgan fingerprint density at radius 2 is 1.91 bits per heavy atom. The molecule has 4 heterocycles. The molecule has 6 rings (SSSR count). The standard InChI is InChI=1S/C25H21N5O2/c1-29-15-13-26-22(29)21-25(17-7-3-5-9-19(17)28-24(25)32)12-14-30(21)23(31)20-11-10-16-6-2-4-8-18(16)27-20/h2-11,13,15,21H,12,14H2,1H3,(H,28,32)/t21-,25+/m0/s1. The Morgan fingerprint density at radius 1 is 1.09 bits per heavy atom. The molecule has 1 spiro atoms. The van der Waals surface area contributed by atoms with Gasteiger partial charge in [-0.05, 0) is 30.2 Å². The van der Waals surface area contributed by atoms with Gasteiger partial charge in [0, 0.05) is 37.1 Å². The fourth-order valence-corrected chi connectivity index (χ4v) is 5.24. The highest BCUT2D eigenvalue weighted by Gasteiger charge is 2.60. The highest BCUT2D eigenvalue weighted by atomic mass is 16.2. The van der Waals surface area contributed by atoms with E-state index in [4.69, 9.17) is 0 Å². The number of fused-ring (bicyclic) bond motifs is 3. The van der Waals surface area contributed by atoms with Crippen molar-refractivity contribution in [1.29, 1.82) is 0 Å². The number of aryl methyl sites for hydroxylation is 1. The Bertz CT molecular complexity index is 1390. The molecule has 2 aromatic carbocycles. The highest BCUT2D eigenvalue weighted by molar-refractivity contribution is 6.08. The average molecular weight is 423 g/mol. The van der Waals surface area contributed by atoms with Crippen LogP contribution in [-0.4, -0.2) is 37.8 Å². The quantitative estimate of drug-likeness (QED) is 0.536. The molecule has 1 N–H and O–H groups in total. The number of pyridine rings is 1. The molecule has 0 saturated carbocycles. The SMILES string of the molecule is Cn1ccnc1[C@@H]1N(C(=O)c2ccc3ccccc3n2)CC[C@]12C(=O)Nc1ccccc12. The van der Waals surface area contributed by atoms with E-state index in [2.05, 4.69) is 15.3 Å². The highest BCUT2D eigenvalue weighted by Crippen LogP contribution is 2.54. The summed E-state index contributed by atoms with van der Waals surface area (Å²) >= 11 is 0. The molecule has 4 aromatic rings. The van der Waals surface area contributed by atoms with Gasteiger partial charge in [-0.1, -0.05) is 42.5 Å². The topological polar surface area (TPSA) is 80.1 Å². The molecular weight excluding hydrogens is 402 g/mol. The second-order valence-corrected chi connectivity index (χ2v) is 8.41. The van der Waals surface area contributed by atoms with Crippen molar-refractivity contribution in [3.63, 3.8) is 0 Å². The minimum atomic E-state index is -0.887. The van der Waals surface area contributed by atoms with Gasteiger partial charge in [0.2, 0.25) is 5.91 Å². The lowest BCUT2D eigenvalue weighted by Crippen LogP contribution is -2.44. The van der Waals surface area contributed by atoms with Crippen molar-refractivity contribution in [2.45, 2.75) is 17.9 Å². The Morgan fingerprint density at radius 3 is 2.75 bits per heavy atom. The van der Waals surface area contributed by atoms with Crippen LogP contribution in [0, 0.1) is 0 Å². The summed E-state index contributed by atoms with van der Waals surface area (Å²) in [5.41, 5.74) is 1.97. The number of amides is 2. The first kappa shape index (κ1) is 18.7. The number of likely N-dealkylation sites (tertiary alicyclic amines) is 1. The smallest absolute Gasteiger partial charge is 0.273 e. The molecule has 2 atom stereocenters. The molecule has 0 aliphatic carbocycles. The number of rotatable bonds is 2. The summed E-state index contributed by atoms with van der Waals surface area (Å²) in [5.74, 6) is 0.398. The van der Waals surface area contributed by atoms with Gasteiger partial charge >= 0.3 is 0 Å². The van der Waals surface area contributed by atoms with Crippen LogP contribution >= 0.6 is 0 Å². The lowest BCUT2D eigenvalue weighted by molar-refractivity contribution is -0.121. The second kappa shape index (κ2) is 6.75. The van der Waals surface area contributed by atoms with E-state index in [0.717, 1.165) is 22.2 Å². The van der Waals surface area contributed by atoms with Gasteiger partial charge in [0.05, 0.1) is 5.52 Å². The van der Waals surface area contributed by atoms with Crippen molar-refractivity contribution in [2.24, 2.45) is 7.05 Å². The van der Waals surface area contributed by atoms with Crippen LogP contribution in [0.4, 0.5) is 5.69 Å². The van der Waals surface area contributed by atoms with Crippen molar-refractivity contribution < 1.29 is 9.59 Å². The van der Waals surface area contributed by atoms with Crippen LogP contribution in [0.15, 0.2) is 73.1 Å².